The summed E-state index contributed by atoms with van der Waals surface area (Å²) in [5.74, 6) is 1.82. The Morgan fingerprint density at radius 1 is 1.36 bits per heavy atom. The van der Waals surface area contributed by atoms with E-state index < -0.39 is 0 Å². The predicted octanol–water partition coefficient (Wildman–Crippen LogP) is 3.61. The fourth-order valence-corrected chi connectivity index (χ4v) is 3.15. The summed E-state index contributed by atoms with van der Waals surface area (Å²) in [6.07, 6.45) is 3.57. The van der Waals surface area contributed by atoms with E-state index >= 15 is 0 Å². The molecule has 4 nitrogen and oxygen atoms in total. The first-order valence-corrected chi connectivity index (χ1v) is 8.04. The van der Waals surface area contributed by atoms with E-state index in [9.17, 15) is 0 Å². The first-order chi connectivity index (χ1) is 10.2. The molecule has 0 amide bonds. The van der Waals surface area contributed by atoms with E-state index in [2.05, 4.69) is 41.6 Å². The molecular weight excluding hydrogens is 409 g/mol. The molecule has 0 aliphatic carbocycles. The molecule has 0 aliphatic rings. The highest BCUT2D eigenvalue weighted by atomic mass is 127. The SMILES string of the molecule is CN=C(NCCc1ccco1)NC(C)Cc1ccc(C)s1.I. The molecule has 0 aliphatic heterocycles. The number of halogens is 1. The average molecular weight is 433 g/mol. The standard InChI is InChI=1S/C16H23N3OS.HI/c1-12(11-15-7-6-13(2)21-15)19-16(17-3)18-9-8-14-5-4-10-20-14;/h4-7,10,12H,8-9,11H2,1-3H3,(H2,17,18,19);1H. The van der Waals surface area contributed by atoms with Crippen LogP contribution in [0.1, 0.15) is 22.4 Å². The van der Waals surface area contributed by atoms with Crippen molar-refractivity contribution in [2.45, 2.75) is 32.7 Å². The van der Waals surface area contributed by atoms with Gasteiger partial charge in [0.15, 0.2) is 5.96 Å². The summed E-state index contributed by atoms with van der Waals surface area (Å²) in [5, 5.41) is 6.73. The predicted molar refractivity (Wildman–Crippen MR) is 105 cm³/mol. The lowest BCUT2D eigenvalue weighted by molar-refractivity contribution is 0.506. The second-order valence-electron chi connectivity index (χ2n) is 5.09. The smallest absolute Gasteiger partial charge is 0.191 e. The number of thiophene rings is 1. The topological polar surface area (TPSA) is 49.6 Å². The van der Waals surface area contributed by atoms with Gasteiger partial charge in [0.1, 0.15) is 5.76 Å². The third-order valence-corrected chi connectivity index (χ3v) is 4.18. The fraction of sp³-hybridized carbons (Fsp3) is 0.438. The van der Waals surface area contributed by atoms with Gasteiger partial charge in [0.25, 0.3) is 0 Å². The van der Waals surface area contributed by atoms with Crippen LogP contribution in [0.3, 0.4) is 0 Å². The molecule has 0 fully saturated rings. The van der Waals surface area contributed by atoms with Gasteiger partial charge < -0.3 is 15.1 Å². The number of furan rings is 1. The quantitative estimate of drug-likeness (QED) is 0.416. The first-order valence-electron chi connectivity index (χ1n) is 7.22. The van der Waals surface area contributed by atoms with Crippen LogP contribution < -0.4 is 10.6 Å². The zero-order chi connectivity index (χ0) is 15.1. The summed E-state index contributed by atoms with van der Waals surface area (Å²) in [6, 6.07) is 8.61. The molecule has 22 heavy (non-hydrogen) atoms. The lowest BCUT2D eigenvalue weighted by Gasteiger charge is -2.17. The molecule has 2 heterocycles. The van der Waals surface area contributed by atoms with Gasteiger partial charge in [-0.2, -0.15) is 0 Å². The summed E-state index contributed by atoms with van der Waals surface area (Å²) in [7, 11) is 1.80. The molecule has 2 rings (SSSR count). The Bertz CT molecular complexity index is 566. The van der Waals surface area contributed by atoms with Crippen molar-refractivity contribution in [1.82, 2.24) is 10.6 Å². The van der Waals surface area contributed by atoms with Gasteiger partial charge in [0.2, 0.25) is 0 Å². The molecule has 0 aromatic carbocycles. The van der Waals surface area contributed by atoms with Gasteiger partial charge in [0.05, 0.1) is 6.26 Å². The molecule has 1 atom stereocenters. The summed E-state index contributed by atoms with van der Waals surface area (Å²) >= 11 is 1.85. The van der Waals surface area contributed by atoms with Crippen molar-refractivity contribution in [3.05, 3.63) is 46.0 Å². The minimum atomic E-state index is 0. The highest BCUT2D eigenvalue weighted by Crippen LogP contribution is 2.16. The maximum atomic E-state index is 5.31. The van der Waals surface area contributed by atoms with Crippen LogP contribution in [0.4, 0.5) is 0 Å². The Balaban J connectivity index is 0.00000242. The van der Waals surface area contributed by atoms with E-state index in [1.165, 1.54) is 9.75 Å². The van der Waals surface area contributed by atoms with Crippen LogP contribution in [0.15, 0.2) is 39.9 Å². The van der Waals surface area contributed by atoms with Crippen LogP contribution in [0.2, 0.25) is 0 Å². The normalized spacial score (nSPS) is 12.6. The summed E-state index contributed by atoms with van der Waals surface area (Å²) in [4.78, 5) is 7.02. The van der Waals surface area contributed by atoms with E-state index in [0.717, 1.165) is 31.1 Å². The average Bonchev–Trinajstić information content (AvgIpc) is 3.09. The molecule has 0 spiro atoms. The zero-order valence-electron chi connectivity index (χ0n) is 13.3. The summed E-state index contributed by atoms with van der Waals surface area (Å²) in [6.45, 7) is 5.12. The highest BCUT2D eigenvalue weighted by Gasteiger charge is 2.07. The number of rotatable bonds is 6. The molecule has 0 saturated carbocycles. The van der Waals surface area contributed by atoms with Gasteiger partial charge in [-0.05, 0) is 38.1 Å². The van der Waals surface area contributed by atoms with E-state index in [1.807, 2.05) is 23.5 Å². The highest BCUT2D eigenvalue weighted by molar-refractivity contribution is 14.0. The maximum absolute atomic E-state index is 5.31. The molecule has 1 unspecified atom stereocenters. The lowest BCUT2D eigenvalue weighted by Crippen LogP contribution is -2.43. The molecule has 2 aromatic rings. The minimum absolute atomic E-state index is 0. The van der Waals surface area contributed by atoms with Gasteiger partial charge in [0, 0.05) is 42.2 Å². The van der Waals surface area contributed by atoms with Gasteiger partial charge >= 0.3 is 0 Å². The van der Waals surface area contributed by atoms with E-state index in [1.54, 1.807) is 13.3 Å². The van der Waals surface area contributed by atoms with Gasteiger partial charge in [-0.1, -0.05) is 0 Å². The van der Waals surface area contributed by atoms with Crippen molar-refractivity contribution < 1.29 is 4.42 Å². The number of nitrogens with zero attached hydrogens (tertiary/aromatic N) is 1. The molecule has 6 heteroatoms. The van der Waals surface area contributed by atoms with Crippen LogP contribution in [0, 0.1) is 6.92 Å². The number of nitrogens with one attached hydrogen (secondary N) is 2. The summed E-state index contributed by atoms with van der Waals surface area (Å²) in [5.41, 5.74) is 0. The van der Waals surface area contributed by atoms with Crippen LogP contribution in [-0.2, 0) is 12.8 Å². The van der Waals surface area contributed by atoms with Crippen molar-refractivity contribution >= 4 is 41.3 Å². The largest absolute Gasteiger partial charge is 0.469 e. The van der Waals surface area contributed by atoms with Gasteiger partial charge in [-0.25, -0.2) is 0 Å². The second kappa shape index (κ2) is 9.89. The number of aliphatic imine (C=N–C) groups is 1. The molecular formula is C16H24IN3OS. The molecule has 0 bridgehead atoms. The van der Waals surface area contributed by atoms with Crippen molar-refractivity contribution in [3.8, 4) is 0 Å². The number of hydrogen-bond donors (Lipinski definition) is 2. The van der Waals surface area contributed by atoms with Crippen LogP contribution >= 0.6 is 35.3 Å². The molecule has 122 valence electrons. The zero-order valence-corrected chi connectivity index (χ0v) is 16.4. The van der Waals surface area contributed by atoms with Gasteiger partial charge in [-0.3, -0.25) is 4.99 Å². The third-order valence-electron chi connectivity index (χ3n) is 3.15. The van der Waals surface area contributed by atoms with Crippen LogP contribution in [-0.4, -0.2) is 25.6 Å². The Hall–Kier alpha value is -1.02. The molecule has 2 N–H and O–H groups in total. The van der Waals surface area contributed by atoms with Crippen molar-refractivity contribution in [1.29, 1.82) is 0 Å². The Morgan fingerprint density at radius 2 is 2.18 bits per heavy atom. The molecule has 0 radical (unpaired) electrons. The lowest BCUT2D eigenvalue weighted by atomic mass is 10.2. The van der Waals surface area contributed by atoms with E-state index in [0.29, 0.717) is 6.04 Å². The molecule has 0 saturated heterocycles. The fourth-order valence-electron chi connectivity index (χ4n) is 2.13. The number of hydrogen-bond acceptors (Lipinski definition) is 3. The van der Waals surface area contributed by atoms with Crippen LogP contribution in [0.5, 0.6) is 0 Å². The Labute approximate surface area is 153 Å². The second-order valence-corrected chi connectivity index (χ2v) is 6.46. The van der Waals surface area contributed by atoms with Crippen LogP contribution in [0.25, 0.3) is 0 Å². The first kappa shape index (κ1) is 19.0. The van der Waals surface area contributed by atoms with Gasteiger partial charge in [-0.15, -0.1) is 35.3 Å². The molecule has 2 aromatic heterocycles. The number of aryl methyl sites for hydroxylation is 1. The van der Waals surface area contributed by atoms with Crippen molar-refractivity contribution in [2.75, 3.05) is 13.6 Å². The summed E-state index contributed by atoms with van der Waals surface area (Å²) < 4.78 is 5.31. The van der Waals surface area contributed by atoms with Crippen molar-refractivity contribution in [2.24, 2.45) is 4.99 Å². The Morgan fingerprint density at radius 3 is 2.77 bits per heavy atom. The monoisotopic (exact) mass is 433 g/mol. The number of guanidine groups is 1. The van der Waals surface area contributed by atoms with Crippen molar-refractivity contribution in [3.63, 3.8) is 0 Å². The third kappa shape index (κ3) is 6.39. The minimum Gasteiger partial charge on any atom is -0.469 e. The maximum Gasteiger partial charge on any atom is 0.191 e. The van der Waals surface area contributed by atoms with E-state index in [-0.39, 0.29) is 24.0 Å². The van der Waals surface area contributed by atoms with E-state index in [4.69, 9.17) is 4.42 Å². The Kier molecular flexibility index (Phi) is 8.55.